The minimum absolute atomic E-state index is 0.170. The minimum atomic E-state index is 0.170. The van der Waals surface area contributed by atoms with Crippen LogP contribution in [-0.4, -0.2) is 44.0 Å². The van der Waals surface area contributed by atoms with Crippen LogP contribution in [0.3, 0.4) is 0 Å². The maximum absolute atomic E-state index is 11.8. The van der Waals surface area contributed by atoms with Crippen molar-refractivity contribution in [3.05, 3.63) is 0 Å². The summed E-state index contributed by atoms with van der Waals surface area (Å²) in [5, 5.41) is 0. The molecule has 3 heteroatoms. The summed E-state index contributed by atoms with van der Waals surface area (Å²) in [6, 6.07) is 0. The zero-order valence-electron chi connectivity index (χ0n) is 9.74. The van der Waals surface area contributed by atoms with Gasteiger partial charge in [0.25, 0.3) is 0 Å². The van der Waals surface area contributed by atoms with Crippen LogP contribution in [0.15, 0.2) is 0 Å². The first-order valence-corrected chi connectivity index (χ1v) is 5.96. The minimum Gasteiger partial charge on any atom is -0.381 e. The van der Waals surface area contributed by atoms with Crippen LogP contribution in [0.1, 0.15) is 19.8 Å². The lowest BCUT2D eigenvalue weighted by atomic mass is 10.0. The second-order valence-corrected chi connectivity index (χ2v) is 5.20. The number of nitrogens with zero attached hydrogens (tertiary/aromatic N) is 1. The maximum atomic E-state index is 11.8. The monoisotopic (exact) mass is 211 g/mol. The fourth-order valence-electron chi connectivity index (χ4n) is 2.30. The molecule has 1 aliphatic heterocycles. The van der Waals surface area contributed by atoms with E-state index in [0.717, 1.165) is 31.4 Å². The van der Waals surface area contributed by atoms with E-state index in [2.05, 4.69) is 18.9 Å². The first-order valence-electron chi connectivity index (χ1n) is 5.96. The molecule has 3 unspecified atom stereocenters. The summed E-state index contributed by atoms with van der Waals surface area (Å²) < 4.78 is 5.23. The van der Waals surface area contributed by atoms with Crippen molar-refractivity contribution < 1.29 is 9.53 Å². The molecular formula is C12H21NO2. The molecule has 0 aromatic rings. The van der Waals surface area contributed by atoms with Crippen LogP contribution in [0.4, 0.5) is 0 Å². The molecule has 2 aliphatic rings. The Labute approximate surface area is 91.8 Å². The van der Waals surface area contributed by atoms with Crippen LogP contribution >= 0.6 is 0 Å². The van der Waals surface area contributed by atoms with Crippen LogP contribution in [0.25, 0.3) is 0 Å². The molecule has 0 radical (unpaired) electrons. The van der Waals surface area contributed by atoms with Gasteiger partial charge in [0, 0.05) is 19.1 Å². The zero-order valence-corrected chi connectivity index (χ0v) is 9.74. The highest BCUT2D eigenvalue weighted by Crippen LogP contribution is 2.37. The number of rotatable bonds is 5. The third-order valence-electron chi connectivity index (χ3n) is 3.63. The molecule has 0 aromatic carbocycles. The van der Waals surface area contributed by atoms with Gasteiger partial charge in [-0.05, 0) is 31.7 Å². The molecule has 0 amide bonds. The van der Waals surface area contributed by atoms with Crippen LogP contribution in [0.5, 0.6) is 0 Å². The smallest absolute Gasteiger partial charge is 0.152 e. The lowest BCUT2D eigenvalue weighted by molar-refractivity contribution is -0.123. The standard InChI is InChI=1S/C12H21NO2/c1-9-5-11(9)6-13(2)7-12(14)10-3-4-15-8-10/h9-11H,3-8H2,1-2H3. The van der Waals surface area contributed by atoms with Crippen LogP contribution < -0.4 is 0 Å². The summed E-state index contributed by atoms with van der Waals surface area (Å²) in [6.45, 7) is 5.38. The van der Waals surface area contributed by atoms with E-state index in [4.69, 9.17) is 4.74 Å². The maximum Gasteiger partial charge on any atom is 0.152 e. The number of hydrogen-bond donors (Lipinski definition) is 0. The summed E-state index contributed by atoms with van der Waals surface area (Å²) in [6.07, 6.45) is 2.26. The van der Waals surface area contributed by atoms with Gasteiger partial charge in [0.05, 0.1) is 13.2 Å². The van der Waals surface area contributed by atoms with Gasteiger partial charge in [-0.15, -0.1) is 0 Å². The van der Waals surface area contributed by atoms with Crippen molar-refractivity contribution in [1.82, 2.24) is 4.90 Å². The molecule has 1 heterocycles. The van der Waals surface area contributed by atoms with Crippen molar-refractivity contribution in [2.45, 2.75) is 19.8 Å². The van der Waals surface area contributed by atoms with E-state index in [1.54, 1.807) is 0 Å². The van der Waals surface area contributed by atoms with Gasteiger partial charge < -0.3 is 4.74 Å². The van der Waals surface area contributed by atoms with Gasteiger partial charge in [-0.1, -0.05) is 6.92 Å². The molecule has 1 saturated carbocycles. The number of ether oxygens (including phenoxy) is 1. The van der Waals surface area contributed by atoms with E-state index < -0.39 is 0 Å². The highest BCUT2D eigenvalue weighted by atomic mass is 16.5. The Kier molecular flexibility index (Phi) is 3.42. The summed E-state index contributed by atoms with van der Waals surface area (Å²) in [5.41, 5.74) is 0. The lowest BCUT2D eigenvalue weighted by Crippen LogP contribution is -2.32. The first kappa shape index (κ1) is 11.1. The predicted molar refractivity (Wildman–Crippen MR) is 58.7 cm³/mol. The Hall–Kier alpha value is -0.410. The molecule has 1 aliphatic carbocycles. The van der Waals surface area contributed by atoms with E-state index in [0.29, 0.717) is 18.9 Å². The van der Waals surface area contributed by atoms with Gasteiger partial charge in [-0.3, -0.25) is 9.69 Å². The fourth-order valence-corrected chi connectivity index (χ4v) is 2.30. The third-order valence-corrected chi connectivity index (χ3v) is 3.63. The van der Waals surface area contributed by atoms with Crippen molar-refractivity contribution in [2.24, 2.45) is 17.8 Å². The van der Waals surface area contributed by atoms with Crippen molar-refractivity contribution >= 4 is 5.78 Å². The van der Waals surface area contributed by atoms with Gasteiger partial charge in [-0.25, -0.2) is 0 Å². The van der Waals surface area contributed by atoms with E-state index >= 15 is 0 Å². The Morgan fingerprint density at radius 2 is 2.27 bits per heavy atom. The third kappa shape index (κ3) is 3.02. The van der Waals surface area contributed by atoms with E-state index in [1.165, 1.54) is 6.42 Å². The molecule has 0 bridgehead atoms. The Bertz CT molecular complexity index is 236. The quantitative estimate of drug-likeness (QED) is 0.684. The predicted octanol–water partition coefficient (Wildman–Crippen LogP) is 1.18. The number of ketones is 1. The summed E-state index contributed by atoms with van der Waals surface area (Å²) in [7, 11) is 2.05. The van der Waals surface area contributed by atoms with Crippen LogP contribution in [-0.2, 0) is 9.53 Å². The van der Waals surface area contributed by atoms with Crippen molar-refractivity contribution in [3.63, 3.8) is 0 Å². The second kappa shape index (κ2) is 4.62. The molecule has 3 nitrogen and oxygen atoms in total. The Balaban J connectivity index is 1.68. The Morgan fingerprint density at radius 1 is 1.53 bits per heavy atom. The normalized spacial score (nSPS) is 34.7. The largest absolute Gasteiger partial charge is 0.381 e. The van der Waals surface area contributed by atoms with Gasteiger partial charge in [0.15, 0.2) is 5.78 Å². The molecule has 86 valence electrons. The SMILES string of the molecule is CC1CC1CN(C)CC(=O)C1CCOC1. The van der Waals surface area contributed by atoms with Crippen LogP contribution in [0.2, 0.25) is 0 Å². The number of Topliss-reactive ketones (excluding diaryl/α,β-unsaturated/α-hetero) is 1. The Morgan fingerprint density at radius 3 is 2.80 bits per heavy atom. The van der Waals surface area contributed by atoms with Crippen LogP contribution in [0, 0.1) is 17.8 Å². The van der Waals surface area contributed by atoms with E-state index in [1.807, 2.05) is 0 Å². The fraction of sp³-hybridized carbons (Fsp3) is 0.917. The van der Waals surface area contributed by atoms with E-state index in [-0.39, 0.29) is 5.92 Å². The number of carbonyl (C=O) groups is 1. The highest BCUT2D eigenvalue weighted by molar-refractivity contribution is 5.83. The molecule has 0 N–H and O–H groups in total. The number of hydrogen-bond acceptors (Lipinski definition) is 3. The zero-order chi connectivity index (χ0) is 10.8. The van der Waals surface area contributed by atoms with Gasteiger partial charge in [0.2, 0.25) is 0 Å². The van der Waals surface area contributed by atoms with Gasteiger partial charge in [0.1, 0.15) is 0 Å². The van der Waals surface area contributed by atoms with Crippen molar-refractivity contribution in [1.29, 1.82) is 0 Å². The van der Waals surface area contributed by atoms with Gasteiger partial charge in [-0.2, -0.15) is 0 Å². The number of likely N-dealkylation sites (N-methyl/N-ethyl adjacent to an activating group) is 1. The average Bonchev–Trinajstić information content (AvgIpc) is 2.73. The summed E-state index contributed by atoms with van der Waals surface area (Å²) >= 11 is 0. The van der Waals surface area contributed by atoms with Crippen molar-refractivity contribution in [2.75, 3.05) is 33.4 Å². The number of carbonyl (C=O) groups excluding carboxylic acids is 1. The topological polar surface area (TPSA) is 29.5 Å². The lowest BCUT2D eigenvalue weighted by Gasteiger charge is -2.17. The molecule has 1 saturated heterocycles. The molecule has 3 atom stereocenters. The molecular weight excluding hydrogens is 190 g/mol. The van der Waals surface area contributed by atoms with Crippen molar-refractivity contribution in [3.8, 4) is 0 Å². The first-order chi connectivity index (χ1) is 7.16. The molecule has 0 spiro atoms. The molecule has 0 aromatic heterocycles. The average molecular weight is 211 g/mol. The summed E-state index contributed by atoms with van der Waals surface area (Å²) in [4.78, 5) is 14.0. The summed E-state index contributed by atoms with van der Waals surface area (Å²) in [5.74, 6) is 2.24. The second-order valence-electron chi connectivity index (χ2n) is 5.20. The van der Waals surface area contributed by atoms with Gasteiger partial charge >= 0.3 is 0 Å². The molecule has 15 heavy (non-hydrogen) atoms. The molecule has 2 rings (SSSR count). The van der Waals surface area contributed by atoms with E-state index in [9.17, 15) is 4.79 Å². The molecule has 2 fully saturated rings. The highest BCUT2D eigenvalue weighted by Gasteiger charge is 2.34.